The van der Waals surface area contributed by atoms with Crippen LogP contribution < -0.4 is 18.6 Å². The summed E-state index contributed by atoms with van der Waals surface area (Å²) in [7, 11) is -4.94. The third kappa shape index (κ3) is 12.2. The van der Waals surface area contributed by atoms with Crippen LogP contribution in [0.15, 0.2) is 292 Å². The van der Waals surface area contributed by atoms with Crippen molar-refractivity contribution in [3.05, 3.63) is 292 Å². The second-order valence-corrected chi connectivity index (χ2v) is 20.1. The van der Waals surface area contributed by atoms with Crippen LogP contribution in [-0.4, -0.2) is 29.9 Å². The Kier molecular flexibility index (Phi) is 17.0. The summed E-state index contributed by atoms with van der Waals surface area (Å²) in [6.45, 7) is 0. The Morgan fingerprint density at radius 1 is 0.190 bits per heavy atom. The van der Waals surface area contributed by atoms with Crippen molar-refractivity contribution in [1.82, 2.24) is 29.9 Å². The molecule has 0 aliphatic carbocycles. The molecule has 404 valence electrons. The Bertz CT molecular complexity index is 3950. The van der Waals surface area contributed by atoms with E-state index in [-0.39, 0.29) is 17.1 Å². The fraction of sp³-hybridized carbons (Fsp3) is 0. The van der Waals surface area contributed by atoms with Gasteiger partial charge in [-0.3, -0.25) is 29.9 Å². The molecule has 15 rings (SSSR count). The number of halogens is 1. The van der Waals surface area contributed by atoms with Crippen molar-refractivity contribution in [3.8, 4) is 66.8 Å². The predicted molar refractivity (Wildman–Crippen MR) is 324 cm³/mol. The zero-order valence-corrected chi connectivity index (χ0v) is 46.6. The number of pyridine rings is 6. The molecule has 0 N–H and O–H groups in total. The SMILES string of the molecule is [Fe+2].[O-][Cl+3]([O-])([O-])[O-].c1ccc(-c2ccnc3c2ccc2c(-c4ccccc4)ccnc23)cc1.c1ccc(-c2ccnc3c2ccc2c(-c4ccccc4)ccnc23)cc1.c1ccc(-c2ccnc3c2ccc2c(-c4ccccc4)ccnc23)cc1. The number of fused-ring (bicyclic) bond motifs is 9. The molecule has 0 saturated heterocycles. The molecule has 6 heterocycles. The average molecular weight is 1150 g/mol. The van der Waals surface area contributed by atoms with Gasteiger partial charge in [-0.25, -0.2) is 18.6 Å². The summed E-state index contributed by atoms with van der Waals surface area (Å²) < 4.78 is 34.0. The van der Waals surface area contributed by atoms with Gasteiger partial charge in [0.05, 0.1) is 33.1 Å². The van der Waals surface area contributed by atoms with Crippen LogP contribution in [0.1, 0.15) is 0 Å². The maximum absolute atomic E-state index is 8.49. The van der Waals surface area contributed by atoms with E-state index < -0.39 is 10.2 Å². The molecule has 12 heteroatoms. The van der Waals surface area contributed by atoms with Crippen molar-refractivity contribution in [2.75, 3.05) is 0 Å². The first-order valence-electron chi connectivity index (χ1n) is 26.7. The molecular formula is C72H48ClFeN6O4+. The molecule has 0 radical (unpaired) electrons. The Balaban J connectivity index is 0.000000126. The molecule has 9 aromatic carbocycles. The van der Waals surface area contributed by atoms with Gasteiger partial charge in [0, 0.05) is 69.5 Å². The van der Waals surface area contributed by atoms with Gasteiger partial charge in [0.1, 0.15) is 0 Å². The zero-order chi connectivity index (χ0) is 56.5. The Morgan fingerprint density at radius 3 is 0.452 bits per heavy atom. The largest absolute Gasteiger partial charge is 2.00 e. The van der Waals surface area contributed by atoms with Crippen LogP contribution >= 0.6 is 0 Å². The summed E-state index contributed by atoms with van der Waals surface area (Å²) in [6.07, 6.45) is 11.3. The van der Waals surface area contributed by atoms with E-state index >= 15 is 0 Å². The fourth-order valence-corrected chi connectivity index (χ4v) is 10.7. The molecule has 0 atom stereocenters. The van der Waals surface area contributed by atoms with Crippen LogP contribution in [0.5, 0.6) is 0 Å². The van der Waals surface area contributed by atoms with Gasteiger partial charge in [-0.1, -0.05) is 218 Å². The van der Waals surface area contributed by atoms with Crippen LogP contribution in [0, 0.1) is 10.2 Å². The van der Waals surface area contributed by atoms with E-state index in [0.29, 0.717) is 0 Å². The fourth-order valence-electron chi connectivity index (χ4n) is 10.7. The minimum Gasteiger partial charge on any atom is -0.254 e. The Labute approximate surface area is 497 Å². The number of rotatable bonds is 6. The standard InChI is InChI=1S/3C24H16N2.ClHO4.Fe/c3*1-3-7-17(8-4-1)19-13-15-25-23-21(19)11-12-22-20(14-16-26-24(22)23)18-9-5-2-6-10-18;2-1(3,4)5;/h3*1-16H;(H,2,3,4,5);/q;;;;+2/p-1. The first-order chi connectivity index (χ1) is 40.7. The zero-order valence-electron chi connectivity index (χ0n) is 44.8. The van der Waals surface area contributed by atoms with Gasteiger partial charge in [-0.15, -0.1) is 10.2 Å². The molecule has 0 aliphatic heterocycles. The van der Waals surface area contributed by atoms with Crippen molar-refractivity contribution in [2.24, 2.45) is 0 Å². The molecule has 15 aromatic rings. The minimum absolute atomic E-state index is 0. The minimum atomic E-state index is -4.94. The van der Waals surface area contributed by atoms with Crippen LogP contribution in [0.3, 0.4) is 0 Å². The molecule has 0 bridgehead atoms. The Hall–Kier alpha value is -9.91. The van der Waals surface area contributed by atoms with Gasteiger partial charge in [0.2, 0.25) is 0 Å². The summed E-state index contributed by atoms with van der Waals surface area (Å²) >= 11 is 0. The molecule has 6 aromatic heterocycles. The number of benzene rings is 9. The molecule has 0 amide bonds. The normalized spacial score (nSPS) is 11.0. The van der Waals surface area contributed by atoms with Gasteiger partial charge >= 0.3 is 17.1 Å². The van der Waals surface area contributed by atoms with E-state index in [1.807, 2.05) is 73.6 Å². The molecular weight excluding hydrogens is 1100 g/mol. The summed E-state index contributed by atoms with van der Waals surface area (Å²) in [4.78, 5) is 28.0. The van der Waals surface area contributed by atoms with Crippen molar-refractivity contribution in [1.29, 1.82) is 0 Å². The quantitative estimate of drug-likeness (QED) is 0.115. The molecule has 84 heavy (non-hydrogen) atoms. The first kappa shape index (κ1) is 56.0. The summed E-state index contributed by atoms with van der Waals surface area (Å²) in [5, 5.41) is 6.77. The van der Waals surface area contributed by atoms with Crippen LogP contribution in [0.25, 0.3) is 132 Å². The van der Waals surface area contributed by atoms with Crippen molar-refractivity contribution < 1.29 is 45.9 Å². The molecule has 0 saturated carbocycles. The van der Waals surface area contributed by atoms with Gasteiger partial charge < -0.3 is 0 Å². The van der Waals surface area contributed by atoms with Crippen molar-refractivity contribution in [3.63, 3.8) is 0 Å². The third-order valence-electron chi connectivity index (χ3n) is 14.4. The summed E-state index contributed by atoms with van der Waals surface area (Å²) in [5.74, 6) is 0. The van der Waals surface area contributed by atoms with Crippen LogP contribution in [-0.2, 0) is 17.1 Å². The van der Waals surface area contributed by atoms with Crippen LogP contribution in [0.4, 0.5) is 0 Å². The van der Waals surface area contributed by atoms with Crippen LogP contribution in [0.2, 0.25) is 0 Å². The average Bonchev–Trinajstić information content (AvgIpc) is 2.16. The predicted octanol–water partition coefficient (Wildman–Crippen LogP) is 13.6. The second kappa shape index (κ2) is 25.5. The second-order valence-electron chi connectivity index (χ2n) is 19.3. The van der Waals surface area contributed by atoms with Crippen molar-refractivity contribution >= 4 is 65.4 Å². The van der Waals surface area contributed by atoms with Gasteiger partial charge in [0.25, 0.3) is 0 Å². The first-order valence-corrected chi connectivity index (χ1v) is 27.9. The Morgan fingerprint density at radius 2 is 0.321 bits per heavy atom. The molecule has 10 nitrogen and oxygen atoms in total. The van der Waals surface area contributed by atoms with Gasteiger partial charge in [-0.05, 0) is 103 Å². The van der Waals surface area contributed by atoms with E-state index in [2.05, 4.69) is 248 Å². The molecule has 0 spiro atoms. The molecule has 0 fully saturated rings. The number of hydrogen-bond donors (Lipinski definition) is 0. The summed E-state index contributed by atoms with van der Waals surface area (Å²) in [6, 6.07) is 88.0. The van der Waals surface area contributed by atoms with Gasteiger partial charge in [0.15, 0.2) is 0 Å². The molecule has 0 unspecified atom stereocenters. The summed E-state index contributed by atoms with van der Waals surface area (Å²) in [5.41, 5.74) is 19.9. The topological polar surface area (TPSA) is 170 Å². The number of aromatic nitrogens is 6. The smallest absolute Gasteiger partial charge is 0.254 e. The van der Waals surface area contributed by atoms with Crippen molar-refractivity contribution in [2.45, 2.75) is 0 Å². The molecule has 0 aliphatic rings. The third-order valence-corrected chi connectivity index (χ3v) is 14.4. The maximum atomic E-state index is 8.49. The van der Waals surface area contributed by atoms with Gasteiger partial charge in [-0.2, -0.15) is 0 Å². The number of nitrogens with zero attached hydrogens (tertiary/aromatic N) is 6. The monoisotopic (exact) mass is 1150 g/mol. The van der Waals surface area contributed by atoms with E-state index in [1.54, 1.807) is 0 Å². The maximum Gasteiger partial charge on any atom is 2.00 e. The number of hydrogen-bond acceptors (Lipinski definition) is 10. The van der Waals surface area contributed by atoms with E-state index in [9.17, 15) is 0 Å². The van der Waals surface area contributed by atoms with E-state index in [1.165, 1.54) is 66.8 Å². The van der Waals surface area contributed by atoms with E-state index in [0.717, 1.165) is 65.4 Å². The van der Waals surface area contributed by atoms with E-state index in [4.69, 9.17) is 18.6 Å².